The molecule has 158 valence electrons. The Balaban J connectivity index is 1.37. The molecule has 1 aromatic rings. The Morgan fingerprint density at radius 2 is 1.73 bits per heavy atom. The van der Waals surface area contributed by atoms with Gasteiger partial charge in [-0.2, -0.15) is 0 Å². The molecule has 8 heteroatoms. The molecule has 4 fully saturated rings. The molecule has 0 spiro atoms. The van der Waals surface area contributed by atoms with Gasteiger partial charge in [-0.15, -0.1) is 0 Å². The van der Waals surface area contributed by atoms with Crippen LogP contribution < -0.4 is 16.4 Å². The van der Waals surface area contributed by atoms with Crippen molar-refractivity contribution >= 4 is 23.6 Å². The van der Waals surface area contributed by atoms with E-state index in [1.807, 2.05) is 6.07 Å². The molecule has 4 amide bonds. The minimum atomic E-state index is -0.941. The lowest BCUT2D eigenvalue weighted by molar-refractivity contribution is -0.136. The molecule has 4 N–H and O–H groups in total. The van der Waals surface area contributed by atoms with Crippen LogP contribution in [0, 0.1) is 0 Å². The van der Waals surface area contributed by atoms with E-state index in [1.165, 1.54) is 0 Å². The number of nitrogens with zero attached hydrogens (tertiary/aromatic N) is 1. The standard InChI is InChI=1S/C22H26N4O4/c23-21-6-9-22(10-7-21,11-8-21)24-12-13-2-1-3-14-17(13)20(30)26(19(14)29)15-4-5-16(27)25-18(15)28/h1-3,15,24H,4-12,23H2,(H,25,27,28). The minimum absolute atomic E-state index is 0.0116. The molecular weight excluding hydrogens is 384 g/mol. The third kappa shape index (κ3) is 2.97. The van der Waals surface area contributed by atoms with Gasteiger partial charge < -0.3 is 11.1 Å². The van der Waals surface area contributed by atoms with Crippen LogP contribution in [-0.2, 0) is 16.1 Å². The Bertz CT molecular complexity index is 947. The van der Waals surface area contributed by atoms with Gasteiger partial charge in [0.15, 0.2) is 0 Å². The number of rotatable bonds is 4. The van der Waals surface area contributed by atoms with Gasteiger partial charge in [0.05, 0.1) is 11.1 Å². The van der Waals surface area contributed by atoms with Crippen LogP contribution in [0.15, 0.2) is 18.2 Å². The summed E-state index contributed by atoms with van der Waals surface area (Å²) < 4.78 is 0. The molecule has 2 heterocycles. The van der Waals surface area contributed by atoms with E-state index in [4.69, 9.17) is 5.73 Å². The van der Waals surface area contributed by atoms with Crippen LogP contribution in [0.3, 0.4) is 0 Å². The number of piperidine rings is 1. The van der Waals surface area contributed by atoms with Crippen LogP contribution in [0.25, 0.3) is 0 Å². The third-order valence-electron chi connectivity index (χ3n) is 7.51. The van der Waals surface area contributed by atoms with Gasteiger partial charge in [-0.3, -0.25) is 29.4 Å². The lowest BCUT2D eigenvalue weighted by Crippen LogP contribution is -2.60. The summed E-state index contributed by atoms with van der Waals surface area (Å²) in [4.78, 5) is 50.9. The highest BCUT2D eigenvalue weighted by Gasteiger charge is 2.48. The maximum Gasteiger partial charge on any atom is 0.262 e. The highest BCUT2D eigenvalue weighted by atomic mass is 16.2. The number of nitrogens with one attached hydrogen (secondary N) is 2. The summed E-state index contributed by atoms with van der Waals surface area (Å²) in [7, 11) is 0. The molecule has 1 saturated heterocycles. The fraction of sp³-hybridized carbons (Fsp3) is 0.545. The molecule has 0 aromatic heterocycles. The predicted octanol–water partition coefficient (Wildman–Crippen LogP) is 0.981. The Morgan fingerprint density at radius 3 is 2.40 bits per heavy atom. The van der Waals surface area contributed by atoms with E-state index in [2.05, 4.69) is 10.6 Å². The highest BCUT2D eigenvalue weighted by molar-refractivity contribution is 6.24. The Kier molecular flexibility index (Phi) is 4.34. The second-order valence-electron chi connectivity index (χ2n) is 9.28. The highest BCUT2D eigenvalue weighted by Crippen LogP contribution is 2.45. The first-order valence-corrected chi connectivity index (χ1v) is 10.7. The van der Waals surface area contributed by atoms with Gasteiger partial charge in [-0.25, -0.2) is 0 Å². The molecule has 8 nitrogen and oxygen atoms in total. The lowest BCUT2D eigenvalue weighted by atomic mass is 9.62. The number of carbonyl (C=O) groups excluding carboxylic acids is 4. The number of fused-ring (bicyclic) bond motifs is 4. The van der Waals surface area contributed by atoms with E-state index in [0.29, 0.717) is 17.7 Å². The van der Waals surface area contributed by atoms with Crippen molar-refractivity contribution in [1.29, 1.82) is 0 Å². The Hall–Kier alpha value is -2.58. The van der Waals surface area contributed by atoms with Crippen molar-refractivity contribution in [3.63, 3.8) is 0 Å². The first-order chi connectivity index (χ1) is 14.3. The van der Waals surface area contributed by atoms with Crippen LogP contribution in [-0.4, -0.2) is 45.6 Å². The SMILES string of the molecule is NC12CCC(NCc3cccc4c3C(=O)N(C3CCC(=O)NC3=O)C4=O)(CC1)CC2. The predicted molar refractivity (Wildman–Crippen MR) is 107 cm³/mol. The fourth-order valence-corrected chi connectivity index (χ4v) is 5.49. The second kappa shape index (κ2) is 6.72. The number of nitrogens with two attached hydrogens (primary N) is 1. The number of amides is 4. The van der Waals surface area contributed by atoms with Gasteiger partial charge in [0.25, 0.3) is 11.8 Å². The van der Waals surface area contributed by atoms with E-state index in [-0.39, 0.29) is 29.8 Å². The molecule has 0 radical (unpaired) electrons. The molecule has 30 heavy (non-hydrogen) atoms. The van der Waals surface area contributed by atoms with Crippen molar-refractivity contribution in [2.45, 2.75) is 75.0 Å². The summed E-state index contributed by atoms with van der Waals surface area (Å²) in [6.45, 7) is 0.489. The normalized spacial score (nSPS) is 33.1. The van der Waals surface area contributed by atoms with Gasteiger partial charge in [0.2, 0.25) is 11.8 Å². The summed E-state index contributed by atoms with van der Waals surface area (Å²) in [6.07, 6.45) is 6.36. The van der Waals surface area contributed by atoms with E-state index < -0.39 is 23.8 Å². The number of hydrogen-bond donors (Lipinski definition) is 3. The van der Waals surface area contributed by atoms with Crippen LogP contribution >= 0.6 is 0 Å². The lowest BCUT2D eigenvalue weighted by Gasteiger charge is -2.52. The quantitative estimate of drug-likeness (QED) is 0.636. The molecular formula is C22H26N4O4. The first-order valence-electron chi connectivity index (χ1n) is 10.7. The molecule has 2 aliphatic heterocycles. The fourth-order valence-electron chi connectivity index (χ4n) is 5.49. The van der Waals surface area contributed by atoms with Crippen molar-refractivity contribution in [3.05, 3.63) is 34.9 Å². The van der Waals surface area contributed by atoms with Gasteiger partial charge in [-0.1, -0.05) is 12.1 Å². The average molecular weight is 410 g/mol. The monoisotopic (exact) mass is 410 g/mol. The molecule has 2 bridgehead atoms. The molecule has 3 saturated carbocycles. The second-order valence-corrected chi connectivity index (χ2v) is 9.28. The van der Waals surface area contributed by atoms with Crippen molar-refractivity contribution in [2.75, 3.05) is 0 Å². The van der Waals surface area contributed by atoms with E-state index in [9.17, 15) is 19.2 Å². The van der Waals surface area contributed by atoms with Crippen LogP contribution in [0.5, 0.6) is 0 Å². The molecule has 5 aliphatic rings. The zero-order valence-corrected chi connectivity index (χ0v) is 16.8. The minimum Gasteiger partial charge on any atom is -0.325 e. The number of carbonyl (C=O) groups is 4. The number of imide groups is 2. The Morgan fingerprint density at radius 1 is 1.03 bits per heavy atom. The van der Waals surface area contributed by atoms with Gasteiger partial charge in [-0.05, 0) is 56.6 Å². The topological polar surface area (TPSA) is 122 Å². The summed E-state index contributed by atoms with van der Waals surface area (Å²) in [5.41, 5.74) is 7.90. The average Bonchev–Trinajstić information content (AvgIpc) is 2.99. The molecule has 3 aliphatic carbocycles. The van der Waals surface area contributed by atoms with Crippen molar-refractivity contribution in [3.8, 4) is 0 Å². The number of hydrogen-bond acceptors (Lipinski definition) is 6. The summed E-state index contributed by atoms with van der Waals surface area (Å²) in [5.74, 6) is -1.88. The van der Waals surface area contributed by atoms with Gasteiger partial charge >= 0.3 is 0 Å². The largest absolute Gasteiger partial charge is 0.325 e. The Labute approximate surface area is 174 Å². The number of benzene rings is 1. The van der Waals surface area contributed by atoms with Gasteiger partial charge in [0.1, 0.15) is 6.04 Å². The maximum atomic E-state index is 13.2. The third-order valence-corrected chi connectivity index (χ3v) is 7.51. The van der Waals surface area contributed by atoms with E-state index in [1.54, 1.807) is 12.1 Å². The summed E-state index contributed by atoms with van der Waals surface area (Å²) in [6, 6.07) is 4.33. The molecule has 6 rings (SSSR count). The van der Waals surface area contributed by atoms with E-state index >= 15 is 0 Å². The van der Waals surface area contributed by atoms with Crippen LogP contribution in [0.1, 0.15) is 77.6 Å². The summed E-state index contributed by atoms with van der Waals surface area (Å²) >= 11 is 0. The van der Waals surface area contributed by atoms with Gasteiger partial charge in [0, 0.05) is 24.0 Å². The molecule has 1 unspecified atom stereocenters. The van der Waals surface area contributed by atoms with Crippen molar-refractivity contribution in [2.24, 2.45) is 5.73 Å². The molecule has 1 atom stereocenters. The van der Waals surface area contributed by atoms with Crippen LogP contribution in [0.4, 0.5) is 0 Å². The first kappa shape index (κ1) is 19.4. The van der Waals surface area contributed by atoms with Crippen molar-refractivity contribution in [1.82, 2.24) is 15.5 Å². The van der Waals surface area contributed by atoms with Crippen LogP contribution in [0.2, 0.25) is 0 Å². The smallest absolute Gasteiger partial charge is 0.262 e. The van der Waals surface area contributed by atoms with E-state index in [0.717, 1.165) is 49.0 Å². The molecule has 1 aromatic carbocycles. The zero-order chi connectivity index (χ0) is 21.1. The van der Waals surface area contributed by atoms with Crippen molar-refractivity contribution < 1.29 is 19.2 Å². The summed E-state index contributed by atoms with van der Waals surface area (Å²) in [5, 5.41) is 5.90. The maximum absolute atomic E-state index is 13.2. The zero-order valence-electron chi connectivity index (χ0n) is 16.8.